The van der Waals surface area contributed by atoms with Gasteiger partial charge in [0.25, 0.3) is 5.60 Å². The van der Waals surface area contributed by atoms with Gasteiger partial charge in [-0.2, -0.15) is 21.3 Å². The molecule has 33 heavy (non-hydrogen) atoms. The zero-order valence-electron chi connectivity index (χ0n) is 16.5. The Morgan fingerprint density at radius 1 is 1.36 bits per heavy atom. The Morgan fingerprint density at radius 2 is 2.09 bits per heavy atom. The Morgan fingerprint density at radius 3 is 2.73 bits per heavy atom. The molecule has 4 atom stereocenters. The number of carboxylic acid groups (broad SMARTS) is 2. The Kier molecular flexibility index (Phi) is 6.20. The molecule has 3 aromatic rings. The second-order valence-electron chi connectivity index (χ2n) is 7.26. The average molecular weight is 502 g/mol. The van der Waals surface area contributed by atoms with Crippen molar-refractivity contribution < 1.29 is 38.8 Å². The van der Waals surface area contributed by atoms with E-state index in [1.807, 2.05) is 0 Å². The van der Waals surface area contributed by atoms with Gasteiger partial charge in [-0.1, -0.05) is 0 Å². The molecule has 3 aromatic heterocycles. The van der Waals surface area contributed by atoms with Crippen LogP contribution in [0.3, 0.4) is 0 Å². The van der Waals surface area contributed by atoms with E-state index >= 15 is 0 Å². The van der Waals surface area contributed by atoms with Crippen molar-refractivity contribution in [1.29, 1.82) is 0 Å². The third kappa shape index (κ3) is 4.11. The minimum Gasteiger partial charge on any atom is -0.479 e. The third-order valence-electron chi connectivity index (χ3n) is 5.21. The average Bonchev–Trinajstić information content (AvgIpc) is 3.46. The van der Waals surface area contributed by atoms with Crippen LogP contribution in [-0.4, -0.2) is 77.4 Å². The van der Waals surface area contributed by atoms with Crippen LogP contribution in [0, 0.1) is 0 Å². The van der Waals surface area contributed by atoms with Crippen molar-refractivity contribution in [2.75, 3.05) is 12.3 Å². The zero-order valence-corrected chi connectivity index (χ0v) is 18.1. The number of carboxylic acids is 2. The molecule has 4 rings (SSSR count). The normalized spacial score (nSPS) is 23.2. The number of anilines is 1. The van der Waals surface area contributed by atoms with Crippen molar-refractivity contribution in [2.24, 2.45) is 0 Å². The number of fused-ring (bicyclic) bond motifs is 1. The Balaban J connectivity index is 1.57. The molecule has 0 bridgehead atoms. The predicted octanol–water partition coefficient (Wildman–Crippen LogP) is 0.887. The van der Waals surface area contributed by atoms with Crippen molar-refractivity contribution in [3.05, 3.63) is 34.0 Å². The second kappa shape index (κ2) is 8.79. The first-order valence-electron chi connectivity index (χ1n) is 9.39. The number of hydrogen-bond acceptors (Lipinski definition) is 10. The maximum absolute atomic E-state index is 14.9. The molecule has 5 N–H and O–H groups in total. The fourth-order valence-corrected chi connectivity index (χ4v) is 4.32. The molecule has 1 fully saturated rings. The van der Waals surface area contributed by atoms with E-state index in [9.17, 15) is 29.3 Å². The van der Waals surface area contributed by atoms with Crippen LogP contribution in [0.5, 0.6) is 0 Å². The number of alkyl halides is 1. The first kappa shape index (κ1) is 23.3. The number of ether oxygens (including phenoxy) is 2. The minimum atomic E-state index is -2.66. The van der Waals surface area contributed by atoms with Crippen LogP contribution in [0.4, 0.5) is 10.2 Å². The highest BCUT2D eigenvalue weighted by atomic mass is 35.5. The molecule has 4 heterocycles. The number of aliphatic hydroxyl groups is 1. The number of nitrogens with zero attached hydrogens (tertiary/aromatic N) is 4. The highest BCUT2D eigenvalue weighted by Crippen LogP contribution is 2.35. The Hall–Kier alpha value is -2.91. The fraction of sp³-hybridized carbons (Fsp3) is 0.389. The summed E-state index contributed by atoms with van der Waals surface area (Å²) in [5.41, 5.74) is 3.69. The van der Waals surface area contributed by atoms with Gasteiger partial charge >= 0.3 is 11.9 Å². The van der Waals surface area contributed by atoms with Gasteiger partial charge in [-0.05, 0) is 34.0 Å². The van der Waals surface area contributed by atoms with Gasteiger partial charge in [0.05, 0.1) is 12.9 Å². The quantitative estimate of drug-likeness (QED) is 0.254. The number of thiophene rings is 1. The lowest BCUT2D eigenvalue weighted by molar-refractivity contribution is -0.189. The topological polar surface area (TPSA) is 183 Å². The summed E-state index contributed by atoms with van der Waals surface area (Å²) in [5, 5.41) is 32.6. The summed E-state index contributed by atoms with van der Waals surface area (Å²) in [7, 11) is 0. The smallest absolute Gasteiger partial charge is 0.348 e. The maximum atomic E-state index is 14.9. The van der Waals surface area contributed by atoms with Crippen LogP contribution in [-0.2, 0) is 25.5 Å². The summed E-state index contributed by atoms with van der Waals surface area (Å²) < 4.78 is 26.9. The number of aliphatic hydroxyl groups excluding tert-OH is 1. The number of aliphatic carboxylic acids is 2. The van der Waals surface area contributed by atoms with Crippen LogP contribution < -0.4 is 5.73 Å². The maximum Gasteiger partial charge on any atom is 0.348 e. The monoisotopic (exact) mass is 501 g/mol. The van der Waals surface area contributed by atoms with E-state index in [0.717, 1.165) is 4.57 Å². The van der Waals surface area contributed by atoms with Gasteiger partial charge in [0, 0.05) is 6.42 Å². The Labute approximate surface area is 193 Å². The molecule has 12 nitrogen and oxygen atoms in total. The van der Waals surface area contributed by atoms with Crippen molar-refractivity contribution in [2.45, 2.75) is 36.6 Å². The molecule has 15 heteroatoms. The van der Waals surface area contributed by atoms with Gasteiger partial charge in [-0.25, -0.2) is 19.0 Å². The van der Waals surface area contributed by atoms with Gasteiger partial charge in [0.2, 0.25) is 5.28 Å². The molecule has 0 unspecified atom stereocenters. The predicted molar refractivity (Wildman–Crippen MR) is 112 cm³/mol. The first-order valence-corrected chi connectivity index (χ1v) is 10.7. The van der Waals surface area contributed by atoms with Crippen molar-refractivity contribution in [3.63, 3.8) is 0 Å². The molecule has 176 valence electrons. The highest BCUT2D eigenvalue weighted by Gasteiger charge is 2.52. The minimum absolute atomic E-state index is 0.0429. The molecule has 0 aliphatic carbocycles. The molecule has 1 saturated heterocycles. The lowest BCUT2D eigenvalue weighted by atomic mass is 9.95. The fourth-order valence-electron chi connectivity index (χ4n) is 3.48. The second-order valence-corrected chi connectivity index (χ2v) is 8.38. The van der Waals surface area contributed by atoms with Crippen LogP contribution >= 0.6 is 22.9 Å². The van der Waals surface area contributed by atoms with Gasteiger partial charge < -0.3 is 30.5 Å². The highest BCUT2D eigenvalue weighted by molar-refractivity contribution is 7.07. The van der Waals surface area contributed by atoms with Gasteiger partial charge in [0.1, 0.15) is 17.7 Å². The molecule has 0 saturated carbocycles. The van der Waals surface area contributed by atoms with Crippen molar-refractivity contribution in [1.82, 2.24) is 19.5 Å². The van der Waals surface area contributed by atoms with E-state index in [2.05, 4.69) is 15.0 Å². The van der Waals surface area contributed by atoms with E-state index in [4.69, 9.17) is 26.8 Å². The van der Waals surface area contributed by atoms with Gasteiger partial charge in [-0.15, -0.1) is 0 Å². The number of nitrogen functional groups attached to an aromatic ring is 1. The lowest BCUT2D eigenvalue weighted by Gasteiger charge is -2.27. The number of hydrogen-bond donors (Lipinski definition) is 4. The van der Waals surface area contributed by atoms with Crippen LogP contribution in [0.2, 0.25) is 5.28 Å². The summed E-state index contributed by atoms with van der Waals surface area (Å²) in [5.74, 6) is -3.53. The molecule has 0 amide bonds. The molecule has 0 aromatic carbocycles. The van der Waals surface area contributed by atoms with Crippen LogP contribution in [0.15, 0.2) is 23.2 Å². The van der Waals surface area contributed by atoms with E-state index in [1.165, 1.54) is 17.7 Å². The van der Waals surface area contributed by atoms with Gasteiger partial charge in [-0.3, -0.25) is 4.57 Å². The van der Waals surface area contributed by atoms with Crippen LogP contribution in [0.1, 0.15) is 11.8 Å². The lowest BCUT2D eigenvalue weighted by Crippen LogP contribution is -2.52. The summed E-state index contributed by atoms with van der Waals surface area (Å²) in [4.78, 5) is 35.5. The number of carbonyl (C=O) groups is 2. The number of nitrogens with two attached hydrogens (primary N) is 1. The van der Waals surface area contributed by atoms with E-state index in [-0.39, 0.29) is 22.3 Å². The number of imidazole rings is 1. The molecular weight excluding hydrogens is 485 g/mol. The first-order chi connectivity index (χ1) is 15.6. The molecule has 0 radical (unpaired) electrons. The number of rotatable bonds is 8. The van der Waals surface area contributed by atoms with Crippen molar-refractivity contribution >= 4 is 51.9 Å². The summed E-state index contributed by atoms with van der Waals surface area (Å²) in [6.07, 6.45) is -5.90. The third-order valence-corrected chi connectivity index (χ3v) is 6.11. The molecular formula is C18H17ClFN5O7S. The van der Waals surface area contributed by atoms with E-state index < -0.39 is 55.2 Å². The van der Waals surface area contributed by atoms with E-state index in [0.29, 0.717) is 5.56 Å². The van der Waals surface area contributed by atoms with Crippen molar-refractivity contribution in [3.8, 4) is 0 Å². The molecule has 1 aliphatic heterocycles. The molecule has 1 aliphatic rings. The largest absolute Gasteiger partial charge is 0.479 e. The van der Waals surface area contributed by atoms with E-state index in [1.54, 1.807) is 16.8 Å². The zero-order chi connectivity index (χ0) is 23.9. The van der Waals surface area contributed by atoms with Crippen LogP contribution in [0.25, 0.3) is 11.2 Å². The molecule has 0 spiro atoms. The summed E-state index contributed by atoms with van der Waals surface area (Å²) >= 11 is 7.07. The summed E-state index contributed by atoms with van der Waals surface area (Å²) in [6, 6.07) is 1.56. The summed E-state index contributed by atoms with van der Waals surface area (Å²) in [6.45, 7) is -0.717. The number of aromatic nitrogens is 4. The Bertz CT molecular complexity index is 1180. The standard InChI is InChI=1S/C18H17ClFN5O7S/c19-17-23-12(21)10-13(24-17)25(6-22-10)14-9(20)11(26)8(32-14)4-31-18(15(27)28,16(29)30)3-7-1-2-33-5-7/h1-2,5-6,8-9,11,14,26H,3-4H2,(H,27,28)(H,29,30)(H2,21,23,24)/t8-,9+,11-,14-/m1/s1. The van der Waals surface area contributed by atoms with Gasteiger partial charge in [0.15, 0.2) is 23.9 Å². The number of halogens is 2. The SMILES string of the molecule is Nc1nc(Cl)nc2c1ncn2[C@@H]1O[C@H](COC(Cc2ccsc2)(C(=O)O)C(=O)O)[C@@H](O)[C@@H]1F.